The van der Waals surface area contributed by atoms with Gasteiger partial charge < -0.3 is 0 Å². The number of rotatable bonds is 2. The Bertz CT molecular complexity index is 2780. The first-order valence-corrected chi connectivity index (χ1v) is 17.0. The molecular weight excluding hydrogens is 577 g/mol. The minimum absolute atomic E-state index is 0.0541. The van der Waals surface area contributed by atoms with E-state index in [1.54, 1.807) is 0 Å². The fourth-order valence-corrected chi connectivity index (χ4v) is 8.92. The number of benzene rings is 9. The van der Waals surface area contributed by atoms with Crippen molar-refractivity contribution in [3.8, 4) is 33.4 Å². The van der Waals surface area contributed by atoms with Crippen molar-refractivity contribution in [3.05, 3.63) is 168 Å². The molecule has 0 saturated carbocycles. The smallest absolute Gasteiger partial charge is 0.0159 e. The summed E-state index contributed by atoms with van der Waals surface area (Å²) in [6.07, 6.45) is 0. The van der Waals surface area contributed by atoms with Gasteiger partial charge in [0, 0.05) is 5.41 Å². The highest BCUT2D eigenvalue weighted by molar-refractivity contribution is 6.27. The van der Waals surface area contributed by atoms with Gasteiger partial charge in [-0.2, -0.15) is 0 Å². The molecule has 0 radical (unpaired) electrons. The Kier molecular flexibility index (Phi) is 5.65. The molecule has 0 N–H and O–H groups in total. The van der Waals surface area contributed by atoms with Gasteiger partial charge in [-0.25, -0.2) is 0 Å². The largest absolute Gasteiger partial charge is 0.0619 e. The molecule has 1 aliphatic rings. The van der Waals surface area contributed by atoms with Crippen LogP contribution < -0.4 is 0 Å². The Balaban J connectivity index is 1.34. The summed E-state index contributed by atoms with van der Waals surface area (Å²) in [7, 11) is 0. The van der Waals surface area contributed by atoms with E-state index in [4.69, 9.17) is 0 Å². The molecule has 1 aliphatic carbocycles. The van der Waals surface area contributed by atoms with Crippen LogP contribution in [0.15, 0.2) is 152 Å². The van der Waals surface area contributed by atoms with E-state index in [1.165, 1.54) is 104 Å². The summed E-state index contributed by atoms with van der Waals surface area (Å²) in [6.45, 7) is 6.97. The third kappa shape index (κ3) is 3.66. The Labute approximate surface area is 280 Å². The molecule has 0 spiro atoms. The molecule has 0 heteroatoms. The zero-order chi connectivity index (χ0) is 32.1. The maximum Gasteiger partial charge on any atom is 0.0159 e. The second-order valence-corrected chi connectivity index (χ2v) is 14.1. The SMILES string of the molecule is Cc1ccc2c(-c3ccc4c5ccccc5c5ccccc5c4c3)c3ccccc3c(-c3cccc4c3-c3ccccc3C4(C)C)c2c1. The molecule has 0 heterocycles. The zero-order valence-corrected chi connectivity index (χ0v) is 27.4. The van der Waals surface area contributed by atoms with E-state index in [0.717, 1.165) is 0 Å². The van der Waals surface area contributed by atoms with Gasteiger partial charge in [-0.1, -0.05) is 165 Å². The molecule has 9 aromatic carbocycles. The second kappa shape index (κ2) is 9.89. The highest BCUT2D eigenvalue weighted by atomic mass is 14.4. The van der Waals surface area contributed by atoms with Crippen molar-refractivity contribution in [2.45, 2.75) is 26.2 Å². The van der Waals surface area contributed by atoms with Gasteiger partial charge in [0.1, 0.15) is 0 Å². The van der Waals surface area contributed by atoms with Crippen molar-refractivity contribution in [3.63, 3.8) is 0 Å². The van der Waals surface area contributed by atoms with Crippen LogP contribution in [0.5, 0.6) is 0 Å². The van der Waals surface area contributed by atoms with Crippen molar-refractivity contribution in [2.24, 2.45) is 0 Å². The van der Waals surface area contributed by atoms with E-state index in [2.05, 4.69) is 172 Å². The number of hydrogen-bond donors (Lipinski definition) is 0. The fourth-order valence-electron chi connectivity index (χ4n) is 8.92. The number of hydrogen-bond acceptors (Lipinski definition) is 0. The molecule has 0 bridgehead atoms. The van der Waals surface area contributed by atoms with Crippen molar-refractivity contribution < 1.29 is 0 Å². The summed E-state index contributed by atoms with van der Waals surface area (Å²) >= 11 is 0. The lowest BCUT2D eigenvalue weighted by Crippen LogP contribution is -2.14. The molecule has 226 valence electrons. The topological polar surface area (TPSA) is 0 Å². The zero-order valence-electron chi connectivity index (χ0n) is 27.4. The van der Waals surface area contributed by atoms with Crippen LogP contribution in [0.25, 0.3) is 87.2 Å². The van der Waals surface area contributed by atoms with E-state index in [1.807, 2.05) is 0 Å². The molecule has 9 aromatic rings. The molecule has 0 fully saturated rings. The van der Waals surface area contributed by atoms with Crippen LogP contribution in [-0.2, 0) is 5.41 Å². The number of aryl methyl sites for hydroxylation is 1. The summed E-state index contributed by atoms with van der Waals surface area (Å²) in [5, 5.41) is 13.0. The summed E-state index contributed by atoms with van der Waals surface area (Å²) in [5.41, 5.74) is 12.0. The predicted octanol–water partition coefficient (Wildman–Crippen LogP) is 13.4. The quantitative estimate of drug-likeness (QED) is 0.135. The van der Waals surface area contributed by atoms with Crippen molar-refractivity contribution in [1.29, 1.82) is 0 Å². The Morgan fingerprint density at radius 2 is 0.833 bits per heavy atom. The average molecular weight is 611 g/mol. The van der Waals surface area contributed by atoms with Crippen LogP contribution in [0.4, 0.5) is 0 Å². The summed E-state index contributed by atoms with van der Waals surface area (Å²) in [4.78, 5) is 0. The van der Waals surface area contributed by atoms with Crippen molar-refractivity contribution in [2.75, 3.05) is 0 Å². The molecule has 0 saturated heterocycles. The van der Waals surface area contributed by atoms with E-state index in [0.29, 0.717) is 0 Å². The molecule has 0 atom stereocenters. The Morgan fingerprint density at radius 3 is 1.54 bits per heavy atom. The maximum atomic E-state index is 2.45. The lowest BCUT2D eigenvalue weighted by molar-refractivity contribution is 0.660. The monoisotopic (exact) mass is 610 g/mol. The summed E-state index contributed by atoms with van der Waals surface area (Å²) in [6, 6.07) is 57.0. The normalized spacial score (nSPS) is 13.5. The first-order chi connectivity index (χ1) is 23.5. The van der Waals surface area contributed by atoms with Crippen LogP contribution in [0, 0.1) is 6.92 Å². The van der Waals surface area contributed by atoms with Crippen molar-refractivity contribution in [1.82, 2.24) is 0 Å². The molecule has 48 heavy (non-hydrogen) atoms. The Hall–Kier alpha value is -5.72. The van der Waals surface area contributed by atoms with E-state index in [-0.39, 0.29) is 5.41 Å². The van der Waals surface area contributed by atoms with E-state index >= 15 is 0 Å². The minimum Gasteiger partial charge on any atom is -0.0619 e. The maximum absolute atomic E-state index is 2.45. The molecule has 10 rings (SSSR count). The van der Waals surface area contributed by atoms with Gasteiger partial charge in [-0.05, 0) is 111 Å². The molecule has 0 aliphatic heterocycles. The van der Waals surface area contributed by atoms with Crippen LogP contribution in [0.2, 0.25) is 0 Å². The van der Waals surface area contributed by atoms with Gasteiger partial charge in [-0.15, -0.1) is 0 Å². The van der Waals surface area contributed by atoms with Crippen LogP contribution in [0.3, 0.4) is 0 Å². The lowest BCUT2D eigenvalue weighted by Gasteiger charge is -2.23. The predicted molar refractivity (Wildman–Crippen MR) is 207 cm³/mol. The highest BCUT2D eigenvalue weighted by Crippen LogP contribution is 2.54. The summed E-state index contributed by atoms with van der Waals surface area (Å²) in [5.74, 6) is 0. The molecule has 0 nitrogen and oxygen atoms in total. The van der Waals surface area contributed by atoms with E-state index in [9.17, 15) is 0 Å². The first-order valence-electron chi connectivity index (χ1n) is 17.0. The third-order valence-corrected chi connectivity index (χ3v) is 11.1. The van der Waals surface area contributed by atoms with Gasteiger partial charge in [0.2, 0.25) is 0 Å². The fraction of sp³-hybridized carbons (Fsp3) is 0.0833. The molecule has 0 amide bonds. The second-order valence-electron chi connectivity index (χ2n) is 14.1. The van der Waals surface area contributed by atoms with Crippen LogP contribution in [0.1, 0.15) is 30.5 Å². The van der Waals surface area contributed by atoms with Crippen LogP contribution in [-0.4, -0.2) is 0 Å². The third-order valence-electron chi connectivity index (χ3n) is 11.1. The van der Waals surface area contributed by atoms with Crippen molar-refractivity contribution >= 4 is 53.9 Å². The first kappa shape index (κ1) is 27.4. The van der Waals surface area contributed by atoms with Gasteiger partial charge >= 0.3 is 0 Å². The number of fused-ring (bicyclic) bond motifs is 11. The molecule has 0 unspecified atom stereocenters. The van der Waals surface area contributed by atoms with Crippen LogP contribution >= 0.6 is 0 Å². The molecule has 0 aromatic heterocycles. The minimum atomic E-state index is -0.0541. The van der Waals surface area contributed by atoms with E-state index < -0.39 is 0 Å². The highest BCUT2D eigenvalue weighted by Gasteiger charge is 2.37. The van der Waals surface area contributed by atoms with Gasteiger partial charge in [0.25, 0.3) is 0 Å². The van der Waals surface area contributed by atoms with Gasteiger partial charge in [0.05, 0.1) is 0 Å². The van der Waals surface area contributed by atoms with Gasteiger partial charge in [-0.3, -0.25) is 0 Å². The standard InChI is InChI=1S/C48H34/c1-29-23-25-38-42(27-29)46(40-20-12-22-44-47(40)39-19-10-11-21-43(39)48(44,2)3)37-18-9-8-17-36(37)45(38)30-24-26-35-33-15-5-4-13-31(33)32-14-6-7-16-34(32)41(35)28-30/h4-28H,1-3H3. The lowest BCUT2D eigenvalue weighted by atomic mass is 9.80. The summed E-state index contributed by atoms with van der Waals surface area (Å²) < 4.78 is 0. The average Bonchev–Trinajstić information content (AvgIpc) is 3.37. The molecular formula is C48H34. The Morgan fingerprint density at radius 1 is 0.333 bits per heavy atom. The van der Waals surface area contributed by atoms with Gasteiger partial charge in [0.15, 0.2) is 0 Å².